The predicted molar refractivity (Wildman–Crippen MR) is 155 cm³/mol. The molecule has 4 aromatic rings. The van der Waals surface area contributed by atoms with Crippen molar-refractivity contribution >= 4 is 29.4 Å². The summed E-state index contributed by atoms with van der Waals surface area (Å²) in [5.41, 5.74) is 6.23. The SMILES string of the molecule is O=C(CCCCCCC(=O)Nc1ccc(C(=O)/C=C/c2cn(-c3ccccc3)nc2-c2ccccc2)cc1)NO. The second-order valence-electron chi connectivity index (χ2n) is 9.35. The van der Waals surface area contributed by atoms with Crippen molar-refractivity contribution in [2.45, 2.75) is 38.5 Å². The van der Waals surface area contributed by atoms with Gasteiger partial charge in [0.25, 0.3) is 0 Å². The fourth-order valence-electron chi connectivity index (χ4n) is 4.23. The molecule has 0 aliphatic carbocycles. The molecule has 0 radical (unpaired) electrons. The van der Waals surface area contributed by atoms with E-state index in [1.54, 1.807) is 40.5 Å². The monoisotopic (exact) mass is 536 g/mol. The zero-order valence-corrected chi connectivity index (χ0v) is 22.1. The minimum atomic E-state index is -0.397. The van der Waals surface area contributed by atoms with Crippen LogP contribution in [0.3, 0.4) is 0 Å². The first-order valence-corrected chi connectivity index (χ1v) is 13.3. The Kier molecular flexibility index (Phi) is 10.1. The first kappa shape index (κ1) is 28.2. The largest absolute Gasteiger partial charge is 0.326 e. The van der Waals surface area contributed by atoms with Crippen LogP contribution in [0.2, 0.25) is 0 Å². The van der Waals surface area contributed by atoms with Gasteiger partial charge in [-0.2, -0.15) is 5.10 Å². The van der Waals surface area contributed by atoms with Crippen molar-refractivity contribution < 1.29 is 19.6 Å². The molecule has 0 aliphatic heterocycles. The average Bonchev–Trinajstić information content (AvgIpc) is 3.43. The lowest BCUT2D eigenvalue weighted by atomic mass is 10.1. The van der Waals surface area contributed by atoms with E-state index in [0.29, 0.717) is 30.5 Å². The van der Waals surface area contributed by atoms with Gasteiger partial charge in [-0.3, -0.25) is 19.6 Å². The van der Waals surface area contributed by atoms with E-state index in [2.05, 4.69) is 5.32 Å². The Morgan fingerprint density at radius 1 is 0.775 bits per heavy atom. The molecule has 0 fully saturated rings. The van der Waals surface area contributed by atoms with E-state index in [1.165, 1.54) is 6.08 Å². The molecule has 0 spiro atoms. The predicted octanol–water partition coefficient (Wildman–Crippen LogP) is 6.22. The highest BCUT2D eigenvalue weighted by Gasteiger charge is 2.11. The number of hydroxylamine groups is 1. The van der Waals surface area contributed by atoms with Gasteiger partial charge < -0.3 is 5.32 Å². The summed E-state index contributed by atoms with van der Waals surface area (Å²) >= 11 is 0. The molecular weight excluding hydrogens is 504 g/mol. The summed E-state index contributed by atoms with van der Waals surface area (Å²) in [6, 6.07) is 26.5. The number of para-hydroxylation sites is 1. The summed E-state index contributed by atoms with van der Waals surface area (Å²) < 4.78 is 1.81. The third-order valence-corrected chi connectivity index (χ3v) is 6.36. The van der Waals surface area contributed by atoms with Crippen LogP contribution in [0.4, 0.5) is 5.69 Å². The van der Waals surface area contributed by atoms with E-state index in [9.17, 15) is 14.4 Å². The van der Waals surface area contributed by atoms with Crippen LogP contribution in [0.5, 0.6) is 0 Å². The standard InChI is InChI=1S/C32H32N4O4/c37-29(24-17-20-27(21-18-24)33-30(38)15-9-1-2-10-16-31(39)35-40)22-19-26-23-36(28-13-7-4-8-14-28)34-32(26)25-11-5-3-6-12-25/h3-8,11-14,17-23,40H,1-2,9-10,15-16H2,(H,33,38)(H,35,39)/b22-19+. The van der Waals surface area contributed by atoms with Crippen LogP contribution in [0.15, 0.2) is 97.2 Å². The highest BCUT2D eigenvalue weighted by molar-refractivity contribution is 6.07. The molecule has 0 saturated carbocycles. The number of carbonyl (C=O) groups excluding carboxylic acids is 3. The van der Waals surface area contributed by atoms with E-state index in [0.717, 1.165) is 35.3 Å². The van der Waals surface area contributed by atoms with Crippen LogP contribution in [0.1, 0.15) is 54.4 Å². The van der Waals surface area contributed by atoms with E-state index >= 15 is 0 Å². The molecule has 40 heavy (non-hydrogen) atoms. The Morgan fingerprint density at radius 3 is 2.05 bits per heavy atom. The van der Waals surface area contributed by atoms with Crippen molar-refractivity contribution in [2.24, 2.45) is 0 Å². The number of rotatable bonds is 13. The zero-order valence-electron chi connectivity index (χ0n) is 22.1. The number of ketones is 1. The fourth-order valence-corrected chi connectivity index (χ4v) is 4.23. The van der Waals surface area contributed by atoms with Crippen LogP contribution >= 0.6 is 0 Å². The molecular formula is C32H32N4O4. The van der Waals surface area contributed by atoms with Crippen molar-refractivity contribution in [1.82, 2.24) is 15.3 Å². The van der Waals surface area contributed by atoms with Gasteiger partial charge in [-0.1, -0.05) is 61.4 Å². The molecule has 4 rings (SSSR count). The van der Waals surface area contributed by atoms with Crippen LogP contribution < -0.4 is 10.8 Å². The van der Waals surface area contributed by atoms with Gasteiger partial charge in [0.05, 0.1) is 11.4 Å². The third kappa shape index (κ3) is 8.09. The van der Waals surface area contributed by atoms with Crippen molar-refractivity contribution in [3.05, 3.63) is 108 Å². The van der Waals surface area contributed by atoms with Gasteiger partial charge in [-0.05, 0) is 61.4 Å². The lowest BCUT2D eigenvalue weighted by Gasteiger charge is -2.06. The van der Waals surface area contributed by atoms with Crippen molar-refractivity contribution in [1.29, 1.82) is 0 Å². The Labute approximate surface area is 233 Å². The summed E-state index contributed by atoms with van der Waals surface area (Å²) in [7, 11) is 0. The molecule has 3 aromatic carbocycles. The molecule has 0 unspecified atom stereocenters. The Morgan fingerprint density at radius 2 is 1.40 bits per heavy atom. The second kappa shape index (κ2) is 14.4. The lowest BCUT2D eigenvalue weighted by Crippen LogP contribution is -2.17. The summed E-state index contributed by atoms with van der Waals surface area (Å²) in [5.74, 6) is -0.651. The summed E-state index contributed by atoms with van der Waals surface area (Å²) in [5, 5.41) is 16.1. The van der Waals surface area contributed by atoms with Crippen molar-refractivity contribution in [3.8, 4) is 16.9 Å². The van der Waals surface area contributed by atoms with Gasteiger partial charge in [0, 0.05) is 41.4 Å². The first-order valence-electron chi connectivity index (χ1n) is 13.3. The van der Waals surface area contributed by atoms with E-state index in [4.69, 9.17) is 10.3 Å². The smallest absolute Gasteiger partial charge is 0.243 e. The van der Waals surface area contributed by atoms with Crippen molar-refractivity contribution in [3.63, 3.8) is 0 Å². The minimum Gasteiger partial charge on any atom is -0.326 e. The Bertz CT molecular complexity index is 1450. The van der Waals surface area contributed by atoms with Crippen LogP contribution in [0.25, 0.3) is 23.0 Å². The zero-order chi connectivity index (χ0) is 28.2. The number of aromatic nitrogens is 2. The Hall–Kier alpha value is -4.82. The average molecular weight is 537 g/mol. The van der Waals surface area contributed by atoms with Gasteiger partial charge in [0.1, 0.15) is 0 Å². The highest BCUT2D eigenvalue weighted by atomic mass is 16.5. The molecule has 1 heterocycles. The van der Waals surface area contributed by atoms with Crippen LogP contribution in [0, 0.1) is 0 Å². The molecule has 1 aromatic heterocycles. The summed E-state index contributed by atoms with van der Waals surface area (Å²) in [6.45, 7) is 0. The molecule has 2 amide bonds. The van der Waals surface area contributed by atoms with Gasteiger partial charge in [0.2, 0.25) is 11.8 Å². The molecule has 8 nitrogen and oxygen atoms in total. The lowest BCUT2D eigenvalue weighted by molar-refractivity contribution is -0.129. The number of allylic oxidation sites excluding steroid dienone is 1. The number of anilines is 1. The fraction of sp³-hybridized carbons (Fsp3) is 0.188. The maximum Gasteiger partial charge on any atom is 0.243 e. The molecule has 8 heteroatoms. The number of hydrogen-bond donors (Lipinski definition) is 3. The third-order valence-electron chi connectivity index (χ3n) is 6.36. The van der Waals surface area contributed by atoms with E-state index < -0.39 is 5.91 Å². The molecule has 0 bridgehead atoms. The molecule has 0 saturated heterocycles. The number of benzene rings is 3. The normalized spacial score (nSPS) is 10.9. The van der Waals surface area contributed by atoms with E-state index in [-0.39, 0.29) is 18.1 Å². The topological polar surface area (TPSA) is 113 Å². The van der Waals surface area contributed by atoms with Crippen LogP contribution in [-0.2, 0) is 9.59 Å². The Balaban J connectivity index is 1.35. The maximum atomic E-state index is 12.9. The number of nitrogens with one attached hydrogen (secondary N) is 2. The number of amides is 2. The van der Waals surface area contributed by atoms with Crippen LogP contribution in [-0.4, -0.2) is 32.6 Å². The minimum absolute atomic E-state index is 0.101. The second-order valence-corrected chi connectivity index (χ2v) is 9.35. The van der Waals surface area contributed by atoms with Gasteiger partial charge >= 0.3 is 0 Å². The summed E-state index contributed by atoms with van der Waals surface area (Å²) in [4.78, 5) is 36.1. The number of carbonyl (C=O) groups is 3. The molecule has 0 atom stereocenters. The van der Waals surface area contributed by atoms with Gasteiger partial charge in [0.15, 0.2) is 5.78 Å². The number of unbranched alkanes of at least 4 members (excludes halogenated alkanes) is 3. The van der Waals surface area contributed by atoms with Gasteiger partial charge in [-0.15, -0.1) is 0 Å². The van der Waals surface area contributed by atoms with Crippen molar-refractivity contribution in [2.75, 3.05) is 5.32 Å². The molecule has 204 valence electrons. The number of hydrogen-bond acceptors (Lipinski definition) is 5. The quantitative estimate of drug-likeness (QED) is 0.0617. The highest BCUT2D eigenvalue weighted by Crippen LogP contribution is 2.25. The van der Waals surface area contributed by atoms with E-state index in [1.807, 2.05) is 66.9 Å². The molecule has 3 N–H and O–H groups in total. The summed E-state index contributed by atoms with van der Waals surface area (Å²) in [6.07, 6.45) is 8.88. The number of nitrogens with zero attached hydrogens (tertiary/aromatic N) is 2. The molecule has 0 aliphatic rings. The first-order chi connectivity index (χ1) is 19.5. The van der Waals surface area contributed by atoms with Gasteiger partial charge in [-0.25, -0.2) is 10.2 Å². The maximum absolute atomic E-state index is 12.9.